The molecule has 0 saturated heterocycles. The van der Waals surface area contributed by atoms with Gasteiger partial charge < -0.3 is 15.0 Å². The van der Waals surface area contributed by atoms with E-state index >= 15 is 0 Å². The fourth-order valence-electron chi connectivity index (χ4n) is 3.13. The summed E-state index contributed by atoms with van der Waals surface area (Å²) in [5, 5.41) is 6.60. The Kier molecular flexibility index (Phi) is 9.57. The summed E-state index contributed by atoms with van der Waals surface area (Å²) in [6.07, 6.45) is 0.0267. The Morgan fingerprint density at radius 2 is 1.90 bits per heavy atom. The van der Waals surface area contributed by atoms with Gasteiger partial charge in [0.05, 0.1) is 12.2 Å². The Morgan fingerprint density at radius 3 is 2.52 bits per heavy atom. The highest BCUT2D eigenvalue weighted by molar-refractivity contribution is 7.09. The van der Waals surface area contributed by atoms with Crippen LogP contribution in [0.1, 0.15) is 48.7 Å². The standard InChI is InChI=1S/C22H35N5OS/c1-7-27(8-2)14-19-12-10-9-11-18(19)13-24-22(23-4)26(5)15-20-16-29-21(25-20)17(3)28-6/h9-12,16-17H,7-8,13-15H2,1-6H3,(H,23,24). The van der Waals surface area contributed by atoms with Gasteiger partial charge in [-0.2, -0.15) is 0 Å². The molecule has 7 heteroatoms. The zero-order chi connectivity index (χ0) is 21.2. The highest BCUT2D eigenvalue weighted by Gasteiger charge is 2.13. The van der Waals surface area contributed by atoms with E-state index in [0.717, 1.165) is 42.8 Å². The largest absolute Gasteiger partial charge is 0.375 e. The third-order valence-corrected chi connectivity index (χ3v) is 6.14. The molecule has 0 aliphatic rings. The lowest BCUT2D eigenvalue weighted by Crippen LogP contribution is -2.38. The molecule has 1 aromatic carbocycles. The molecule has 1 aromatic heterocycles. The van der Waals surface area contributed by atoms with E-state index in [0.29, 0.717) is 6.54 Å². The van der Waals surface area contributed by atoms with Gasteiger partial charge in [-0.05, 0) is 31.1 Å². The smallest absolute Gasteiger partial charge is 0.194 e. The summed E-state index contributed by atoms with van der Waals surface area (Å²) >= 11 is 1.64. The van der Waals surface area contributed by atoms with Crippen LogP contribution in [-0.4, -0.2) is 55.0 Å². The molecule has 2 aromatic rings. The summed E-state index contributed by atoms with van der Waals surface area (Å²) in [5.41, 5.74) is 3.69. The van der Waals surface area contributed by atoms with Crippen LogP contribution in [0.25, 0.3) is 0 Å². The van der Waals surface area contributed by atoms with Crippen molar-refractivity contribution in [3.05, 3.63) is 51.5 Å². The molecule has 0 bridgehead atoms. The fourth-order valence-corrected chi connectivity index (χ4v) is 3.97. The van der Waals surface area contributed by atoms with E-state index in [1.165, 1.54) is 11.1 Å². The van der Waals surface area contributed by atoms with Crippen LogP contribution in [0.3, 0.4) is 0 Å². The zero-order valence-electron chi connectivity index (χ0n) is 18.6. The van der Waals surface area contributed by atoms with Gasteiger partial charge in [-0.15, -0.1) is 11.3 Å². The van der Waals surface area contributed by atoms with Crippen molar-refractivity contribution in [2.45, 2.75) is 46.5 Å². The third kappa shape index (κ3) is 6.80. The summed E-state index contributed by atoms with van der Waals surface area (Å²) in [5.74, 6) is 0.858. The zero-order valence-corrected chi connectivity index (χ0v) is 19.4. The van der Waals surface area contributed by atoms with Crippen LogP contribution in [0.4, 0.5) is 0 Å². The van der Waals surface area contributed by atoms with Crippen molar-refractivity contribution in [1.82, 2.24) is 20.1 Å². The Morgan fingerprint density at radius 1 is 1.21 bits per heavy atom. The van der Waals surface area contributed by atoms with Gasteiger partial charge >= 0.3 is 0 Å². The van der Waals surface area contributed by atoms with Crippen molar-refractivity contribution < 1.29 is 4.74 Å². The van der Waals surface area contributed by atoms with Crippen molar-refractivity contribution in [3.63, 3.8) is 0 Å². The molecule has 0 saturated carbocycles. The number of hydrogen-bond donors (Lipinski definition) is 1. The van der Waals surface area contributed by atoms with Crippen molar-refractivity contribution >= 4 is 17.3 Å². The maximum atomic E-state index is 5.36. The molecule has 0 spiro atoms. The van der Waals surface area contributed by atoms with Crippen LogP contribution in [0.2, 0.25) is 0 Å². The van der Waals surface area contributed by atoms with Crippen LogP contribution in [0.15, 0.2) is 34.6 Å². The first-order chi connectivity index (χ1) is 14.0. The number of rotatable bonds is 10. The molecule has 6 nitrogen and oxygen atoms in total. The Labute approximate surface area is 179 Å². The number of ether oxygens (including phenoxy) is 1. The molecule has 2 rings (SSSR count). The second kappa shape index (κ2) is 11.9. The predicted octanol–water partition coefficient (Wildman–Crippen LogP) is 3.90. The van der Waals surface area contributed by atoms with Gasteiger partial charge in [-0.3, -0.25) is 9.89 Å². The Hall–Kier alpha value is -1.96. The van der Waals surface area contributed by atoms with E-state index in [2.05, 4.69) is 68.6 Å². The van der Waals surface area contributed by atoms with Crippen LogP contribution in [-0.2, 0) is 24.4 Å². The van der Waals surface area contributed by atoms with Crippen molar-refractivity contribution in [1.29, 1.82) is 0 Å². The van der Waals surface area contributed by atoms with E-state index in [1.807, 2.05) is 21.0 Å². The van der Waals surface area contributed by atoms with Crippen LogP contribution < -0.4 is 5.32 Å². The first-order valence-electron chi connectivity index (χ1n) is 10.2. The van der Waals surface area contributed by atoms with E-state index in [4.69, 9.17) is 4.74 Å². The van der Waals surface area contributed by atoms with Crippen LogP contribution in [0.5, 0.6) is 0 Å². The number of thiazole rings is 1. The molecule has 29 heavy (non-hydrogen) atoms. The van der Waals surface area contributed by atoms with E-state index in [9.17, 15) is 0 Å². The summed E-state index contributed by atoms with van der Waals surface area (Å²) in [7, 11) is 5.57. The lowest BCUT2D eigenvalue weighted by atomic mass is 10.1. The molecule has 0 aliphatic heterocycles. The van der Waals surface area contributed by atoms with Gasteiger partial charge in [-0.25, -0.2) is 4.98 Å². The summed E-state index contributed by atoms with van der Waals surface area (Å²) in [6.45, 7) is 11.0. The molecular weight excluding hydrogens is 382 g/mol. The van der Waals surface area contributed by atoms with Gasteiger partial charge in [0.2, 0.25) is 0 Å². The molecule has 1 unspecified atom stereocenters. The van der Waals surface area contributed by atoms with E-state index < -0.39 is 0 Å². The molecular formula is C22H35N5OS. The number of methoxy groups -OCH3 is 1. The third-order valence-electron chi connectivity index (χ3n) is 5.09. The minimum atomic E-state index is 0.0267. The molecule has 0 radical (unpaired) electrons. The highest BCUT2D eigenvalue weighted by Crippen LogP contribution is 2.21. The first-order valence-corrected chi connectivity index (χ1v) is 11.1. The average Bonchev–Trinajstić information content (AvgIpc) is 3.21. The number of guanidine groups is 1. The number of aromatic nitrogens is 1. The van der Waals surface area contributed by atoms with Crippen LogP contribution in [0, 0.1) is 0 Å². The number of aliphatic imine (C=N–C) groups is 1. The van der Waals surface area contributed by atoms with Crippen LogP contribution >= 0.6 is 11.3 Å². The van der Waals surface area contributed by atoms with E-state index in [1.54, 1.807) is 18.4 Å². The Balaban J connectivity index is 1.99. The number of nitrogens with one attached hydrogen (secondary N) is 1. The van der Waals surface area contributed by atoms with Crippen molar-refractivity contribution in [2.24, 2.45) is 4.99 Å². The van der Waals surface area contributed by atoms with Crippen molar-refractivity contribution in [3.8, 4) is 0 Å². The quantitative estimate of drug-likeness (QED) is 0.469. The molecule has 1 atom stereocenters. The minimum Gasteiger partial charge on any atom is -0.375 e. The molecule has 1 heterocycles. The molecule has 0 fully saturated rings. The minimum absolute atomic E-state index is 0.0267. The van der Waals surface area contributed by atoms with Gasteiger partial charge in [0, 0.05) is 39.7 Å². The normalized spacial score (nSPS) is 13.0. The first kappa shape index (κ1) is 23.3. The van der Waals surface area contributed by atoms with Gasteiger partial charge in [-0.1, -0.05) is 38.1 Å². The molecule has 1 N–H and O–H groups in total. The van der Waals surface area contributed by atoms with Gasteiger partial charge in [0.15, 0.2) is 5.96 Å². The van der Waals surface area contributed by atoms with Crippen molar-refractivity contribution in [2.75, 3.05) is 34.3 Å². The summed E-state index contributed by atoms with van der Waals surface area (Å²) in [4.78, 5) is 13.7. The molecule has 0 amide bonds. The Bertz CT molecular complexity index is 772. The maximum absolute atomic E-state index is 5.36. The lowest BCUT2D eigenvalue weighted by Gasteiger charge is -2.23. The van der Waals surface area contributed by atoms with Gasteiger partial charge in [0.25, 0.3) is 0 Å². The average molecular weight is 418 g/mol. The fraction of sp³-hybridized carbons (Fsp3) is 0.545. The monoisotopic (exact) mass is 417 g/mol. The summed E-state index contributed by atoms with van der Waals surface area (Å²) in [6, 6.07) is 8.63. The molecule has 0 aliphatic carbocycles. The number of hydrogen-bond acceptors (Lipinski definition) is 5. The topological polar surface area (TPSA) is 53.0 Å². The number of nitrogens with zero attached hydrogens (tertiary/aromatic N) is 4. The van der Waals surface area contributed by atoms with Gasteiger partial charge in [0.1, 0.15) is 11.1 Å². The SMILES string of the molecule is CCN(CC)Cc1ccccc1CNC(=NC)N(C)Cc1csc(C(C)OC)n1. The predicted molar refractivity (Wildman–Crippen MR) is 122 cm³/mol. The summed E-state index contributed by atoms with van der Waals surface area (Å²) < 4.78 is 5.36. The van der Waals surface area contributed by atoms with E-state index in [-0.39, 0.29) is 6.10 Å². The highest BCUT2D eigenvalue weighted by atomic mass is 32.1. The number of benzene rings is 1. The molecule has 160 valence electrons. The second-order valence-corrected chi connectivity index (χ2v) is 7.93. The lowest BCUT2D eigenvalue weighted by molar-refractivity contribution is 0.119. The maximum Gasteiger partial charge on any atom is 0.194 e. The second-order valence-electron chi connectivity index (χ2n) is 7.04.